The van der Waals surface area contributed by atoms with Gasteiger partial charge in [-0.3, -0.25) is 4.90 Å². The van der Waals surface area contributed by atoms with Crippen molar-refractivity contribution in [3.63, 3.8) is 0 Å². The SMILES string of the molecule is Nc1cc(CN2CCC[C@@H]2C[C@@H](O)c2ccc(F)cc2)ccn1. The number of hydrogen-bond donors (Lipinski definition) is 2. The van der Waals surface area contributed by atoms with E-state index in [1.54, 1.807) is 18.3 Å². The van der Waals surface area contributed by atoms with Crippen molar-refractivity contribution in [1.29, 1.82) is 0 Å². The summed E-state index contributed by atoms with van der Waals surface area (Å²) >= 11 is 0. The largest absolute Gasteiger partial charge is 0.388 e. The van der Waals surface area contributed by atoms with E-state index in [1.165, 1.54) is 12.1 Å². The summed E-state index contributed by atoms with van der Waals surface area (Å²) in [5, 5.41) is 10.4. The van der Waals surface area contributed by atoms with Gasteiger partial charge in [-0.25, -0.2) is 9.37 Å². The van der Waals surface area contributed by atoms with E-state index in [-0.39, 0.29) is 5.82 Å². The molecule has 0 spiro atoms. The van der Waals surface area contributed by atoms with Gasteiger partial charge in [0.25, 0.3) is 0 Å². The van der Waals surface area contributed by atoms with E-state index in [0.717, 1.165) is 37.1 Å². The molecule has 0 amide bonds. The number of halogens is 1. The number of hydrogen-bond acceptors (Lipinski definition) is 4. The molecule has 1 aliphatic rings. The van der Waals surface area contributed by atoms with E-state index in [1.807, 2.05) is 12.1 Å². The molecular weight excluding hydrogens is 293 g/mol. The number of pyridine rings is 1. The van der Waals surface area contributed by atoms with Crippen LogP contribution in [0.2, 0.25) is 0 Å². The average molecular weight is 315 g/mol. The molecule has 0 unspecified atom stereocenters. The fourth-order valence-electron chi connectivity index (χ4n) is 3.28. The highest BCUT2D eigenvalue weighted by Crippen LogP contribution is 2.28. The van der Waals surface area contributed by atoms with E-state index < -0.39 is 6.10 Å². The van der Waals surface area contributed by atoms with Crippen LogP contribution in [0.15, 0.2) is 42.6 Å². The fourth-order valence-corrected chi connectivity index (χ4v) is 3.28. The predicted molar refractivity (Wildman–Crippen MR) is 88.1 cm³/mol. The van der Waals surface area contributed by atoms with Gasteiger partial charge in [0, 0.05) is 18.8 Å². The Kier molecular flexibility index (Phi) is 4.88. The van der Waals surface area contributed by atoms with E-state index in [0.29, 0.717) is 18.3 Å². The third-order valence-corrected chi connectivity index (χ3v) is 4.48. The molecule has 122 valence electrons. The van der Waals surface area contributed by atoms with Gasteiger partial charge in [-0.15, -0.1) is 0 Å². The van der Waals surface area contributed by atoms with Gasteiger partial charge in [0.2, 0.25) is 0 Å². The third-order valence-electron chi connectivity index (χ3n) is 4.48. The number of nitrogen functional groups attached to an aromatic ring is 1. The molecule has 1 aromatic carbocycles. The Morgan fingerprint density at radius 1 is 1.30 bits per heavy atom. The normalized spacial score (nSPS) is 19.8. The first-order chi connectivity index (χ1) is 11.1. The second kappa shape index (κ2) is 7.06. The Hall–Kier alpha value is -1.98. The molecule has 0 radical (unpaired) electrons. The highest BCUT2D eigenvalue weighted by atomic mass is 19.1. The van der Waals surface area contributed by atoms with Crippen molar-refractivity contribution >= 4 is 5.82 Å². The summed E-state index contributed by atoms with van der Waals surface area (Å²) in [5.41, 5.74) is 7.65. The third kappa shape index (κ3) is 4.06. The zero-order valence-corrected chi connectivity index (χ0v) is 13.0. The van der Waals surface area contributed by atoms with E-state index in [4.69, 9.17) is 5.73 Å². The highest BCUT2D eigenvalue weighted by molar-refractivity contribution is 5.31. The van der Waals surface area contributed by atoms with Crippen LogP contribution in [0.5, 0.6) is 0 Å². The minimum atomic E-state index is -0.566. The first-order valence-corrected chi connectivity index (χ1v) is 8.00. The van der Waals surface area contributed by atoms with Crippen LogP contribution >= 0.6 is 0 Å². The molecule has 2 atom stereocenters. The zero-order chi connectivity index (χ0) is 16.2. The summed E-state index contributed by atoms with van der Waals surface area (Å²) in [6.07, 6.45) is 4.01. The van der Waals surface area contributed by atoms with Crippen molar-refractivity contribution < 1.29 is 9.50 Å². The molecule has 2 heterocycles. The second-order valence-electron chi connectivity index (χ2n) is 6.16. The number of aliphatic hydroxyl groups excluding tert-OH is 1. The number of aromatic nitrogens is 1. The fraction of sp³-hybridized carbons (Fsp3) is 0.389. The molecule has 3 N–H and O–H groups in total. The minimum Gasteiger partial charge on any atom is -0.388 e. The van der Waals surface area contributed by atoms with Gasteiger partial charge in [0.15, 0.2) is 0 Å². The lowest BCUT2D eigenvalue weighted by molar-refractivity contribution is 0.118. The molecule has 1 fully saturated rings. The summed E-state index contributed by atoms with van der Waals surface area (Å²) < 4.78 is 13.0. The molecule has 23 heavy (non-hydrogen) atoms. The van der Waals surface area contributed by atoms with E-state index in [9.17, 15) is 9.50 Å². The van der Waals surface area contributed by atoms with Crippen LogP contribution in [0.1, 0.15) is 36.5 Å². The van der Waals surface area contributed by atoms with Crippen LogP contribution in [-0.4, -0.2) is 27.6 Å². The van der Waals surface area contributed by atoms with Gasteiger partial charge in [0.1, 0.15) is 11.6 Å². The molecule has 1 aromatic heterocycles. The summed E-state index contributed by atoms with van der Waals surface area (Å²) in [5.74, 6) is 0.253. The monoisotopic (exact) mass is 315 g/mol. The number of rotatable bonds is 5. The van der Waals surface area contributed by atoms with Crippen LogP contribution in [0.3, 0.4) is 0 Å². The minimum absolute atomic E-state index is 0.279. The number of aliphatic hydroxyl groups is 1. The first kappa shape index (κ1) is 15.9. The second-order valence-corrected chi connectivity index (χ2v) is 6.16. The quantitative estimate of drug-likeness (QED) is 0.890. The summed E-state index contributed by atoms with van der Waals surface area (Å²) in [6.45, 7) is 1.83. The van der Waals surface area contributed by atoms with Crippen molar-refractivity contribution in [3.8, 4) is 0 Å². The Morgan fingerprint density at radius 2 is 2.09 bits per heavy atom. The number of benzene rings is 1. The standard InChI is InChI=1S/C18H22FN3O/c19-15-5-3-14(4-6-15)17(23)11-16-2-1-9-22(16)12-13-7-8-21-18(20)10-13/h3-8,10,16-17,23H,1-2,9,11-12H2,(H2,20,21)/t16-,17-/m1/s1. The Balaban J connectivity index is 1.63. The molecule has 0 saturated carbocycles. The molecule has 4 nitrogen and oxygen atoms in total. The number of likely N-dealkylation sites (tertiary alicyclic amines) is 1. The van der Waals surface area contributed by atoms with Crippen molar-refractivity contribution in [2.45, 2.75) is 38.0 Å². The molecular formula is C18H22FN3O. The Bertz CT molecular complexity index is 647. The van der Waals surface area contributed by atoms with Crippen LogP contribution in [0.25, 0.3) is 0 Å². The van der Waals surface area contributed by atoms with Crippen LogP contribution in [0, 0.1) is 5.82 Å². The molecule has 3 rings (SSSR count). The molecule has 1 saturated heterocycles. The van der Waals surface area contributed by atoms with Crippen molar-refractivity contribution in [3.05, 3.63) is 59.5 Å². The van der Waals surface area contributed by atoms with Gasteiger partial charge in [0.05, 0.1) is 6.10 Å². The molecule has 0 bridgehead atoms. The summed E-state index contributed by atoms with van der Waals surface area (Å²) in [6, 6.07) is 10.3. The van der Waals surface area contributed by atoms with Gasteiger partial charge >= 0.3 is 0 Å². The van der Waals surface area contributed by atoms with Crippen LogP contribution < -0.4 is 5.73 Å². The topological polar surface area (TPSA) is 62.4 Å². The maximum atomic E-state index is 13.0. The molecule has 0 aliphatic carbocycles. The first-order valence-electron chi connectivity index (χ1n) is 8.00. The van der Waals surface area contributed by atoms with Gasteiger partial charge in [-0.05, 0) is 61.2 Å². The molecule has 1 aliphatic heterocycles. The smallest absolute Gasteiger partial charge is 0.123 e. The molecule has 2 aromatic rings. The van der Waals surface area contributed by atoms with Crippen molar-refractivity contribution in [1.82, 2.24) is 9.88 Å². The predicted octanol–water partition coefficient (Wildman–Crippen LogP) is 2.89. The Morgan fingerprint density at radius 3 is 2.83 bits per heavy atom. The van der Waals surface area contributed by atoms with Crippen molar-refractivity contribution in [2.24, 2.45) is 0 Å². The van der Waals surface area contributed by atoms with Gasteiger partial charge in [-0.2, -0.15) is 0 Å². The summed E-state index contributed by atoms with van der Waals surface area (Å²) in [7, 11) is 0. The van der Waals surface area contributed by atoms with E-state index in [2.05, 4.69) is 9.88 Å². The Labute approximate surface area is 135 Å². The number of nitrogens with two attached hydrogens (primary N) is 1. The number of anilines is 1. The lowest BCUT2D eigenvalue weighted by Gasteiger charge is -2.26. The van der Waals surface area contributed by atoms with Crippen LogP contribution in [-0.2, 0) is 6.54 Å². The highest BCUT2D eigenvalue weighted by Gasteiger charge is 2.27. The van der Waals surface area contributed by atoms with Crippen LogP contribution in [0.4, 0.5) is 10.2 Å². The van der Waals surface area contributed by atoms with Crippen molar-refractivity contribution in [2.75, 3.05) is 12.3 Å². The maximum Gasteiger partial charge on any atom is 0.123 e. The zero-order valence-electron chi connectivity index (χ0n) is 13.0. The molecule has 5 heteroatoms. The van der Waals surface area contributed by atoms with Gasteiger partial charge < -0.3 is 10.8 Å². The lowest BCUT2D eigenvalue weighted by atomic mass is 10.0. The average Bonchev–Trinajstić information content (AvgIpc) is 2.95. The van der Waals surface area contributed by atoms with E-state index >= 15 is 0 Å². The summed E-state index contributed by atoms with van der Waals surface area (Å²) in [4.78, 5) is 6.39. The number of nitrogens with zero attached hydrogens (tertiary/aromatic N) is 2. The maximum absolute atomic E-state index is 13.0. The van der Waals surface area contributed by atoms with Gasteiger partial charge in [-0.1, -0.05) is 12.1 Å². The lowest BCUT2D eigenvalue weighted by Crippen LogP contribution is -2.30.